The largest absolute Gasteiger partial charge is 0.458 e. The molecule has 0 aromatic rings. The van der Waals surface area contributed by atoms with Crippen LogP contribution in [0, 0.1) is 11.8 Å². The van der Waals surface area contributed by atoms with Gasteiger partial charge in [-0.25, -0.2) is 4.79 Å². The van der Waals surface area contributed by atoms with E-state index in [4.69, 9.17) is 30.4 Å². The zero-order valence-corrected chi connectivity index (χ0v) is 27.3. The summed E-state index contributed by atoms with van der Waals surface area (Å²) >= 11 is 0. The van der Waals surface area contributed by atoms with Crippen LogP contribution in [0.15, 0.2) is 71.1 Å². The van der Waals surface area contributed by atoms with Crippen molar-refractivity contribution in [1.82, 2.24) is 10.6 Å². The number of fused-ring (bicyclic) bond motifs is 2. The molecule has 0 aromatic carbocycles. The number of carbonyl (C=O) groups excluding carboxylic acids is 5. The van der Waals surface area contributed by atoms with Gasteiger partial charge in [0.2, 0.25) is 11.6 Å². The molecule has 2 rings (SSSR count). The van der Waals surface area contributed by atoms with Crippen molar-refractivity contribution in [1.29, 1.82) is 0 Å². The van der Waals surface area contributed by atoms with Crippen LogP contribution in [0.5, 0.6) is 0 Å². The van der Waals surface area contributed by atoms with Gasteiger partial charge in [-0.15, -0.1) is 6.58 Å². The third-order valence-corrected chi connectivity index (χ3v) is 7.62. The zero-order chi connectivity index (χ0) is 34.6. The standard InChI is InChI=1S/C33H46N4O9/c1-8-12-36-28-22-13-18(2)14-26(44-7)31(45-27(39)17-34)21(5)15-20(4)30(46-33(35)42)25(43-6)11-9-10-19(3)32(41)37-23(29(22)40)16-24(28)38/h8-11,15-16,18,21,25-26,30-31,36H,1,12-14,17,34H2,2-7H3,(H2,35,42)(H,37,41)/t18-,21-,25-,26-,30-,31-/m1/s1. The molecular weight excluding hydrogens is 596 g/mol. The fraction of sp³-hybridized carbons (Fsp3) is 0.485. The molecule has 2 bridgehead atoms. The molecule has 0 saturated heterocycles. The lowest BCUT2D eigenvalue weighted by atomic mass is 9.85. The Morgan fingerprint density at radius 1 is 1.13 bits per heavy atom. The van der Waals surface area contributed by atoms with E-state index in [-0.39, 0.29) is 48.0 Å². The van der Waals surface area contributed by atoms with Crippen molar-refractivity contribution in [3.63, 3.8) is 0 Å². The second-order valence-electron chi connectivity index (χ2n) is 11.3. The van der Waals surface area contributed by atoms with Crippen molar-refractivity contribution in [3.8, 4) is 0 Å². The summed E-state index contributed by atoms with van der Waals surface area (Å²) in [5, 5.41) is 5.52. The van der Waals surface area contributed by atoms with Crippen molar-refractivity contribution in [3.05, 3.63) is 71.1 Å². The van der Waals surface area contributed by atoms with Gasteiger partial charge >= 0.3 is 12.1 Å². The molecule has 13 nitrogen and oxygen atoms in total. The number of ether oxygens (including phenoxy) is 4. The van der Waals surface area contributed by atoms with E-state index >= 15 is 0 Å². The van der Waals surface area contributed by atoms with Gasteiger partial charge in [-0.3, -0.25) is 19.2 Å². The van der Waals surface area contributed by atoms with Crippen LogP contribution in [0.4, 0.5) is 4.79 Å². The zero-order valence-electron chi connectivity index (χ0n) is 27.3. The molecule has 13 heteroatoms. The minimum Gasteiger partial charge on any atom is -0.458 e. The van der Waals surface area contributed by atoms with Crippen molar-refractivity contribution < 1.29 is 42.9 Å². The van der Waals surface area contributed by atoms with Crippen LogP contribution >= 0.6 is 0 Å². The molecule has 0 spiro atoms. The number of rotatable bonds is 8. The number of allylic oxidation sites excluding steroid dienone is 4. The van der Waals surface area contributed by atoms with Gasteiger partial charge in [-0.1, -0.05) is 44.2 Å². The summed E-state index contributed by atoms with van der Waals surface area (Å²) in [6.45, 7) is 10.5. The Bertz CT molecular complexity index is 1340. The molecule has 46 heavy (non-hydrogen) atoms. The number of ketones is 2. The number of carbonyl (C=O) groups is 5. The molecule has 1 aliphatic heterocycles. The highest BCUT2D eigenvalue weighted by Gasteiger charge is 2.35. The van der Waals surface area contributed by atoms with Crippen LogP contribution in [-0.2, 0) is 38.1 Å². The highest BCUT2D eigenvalue weighted by molar-refractivity contribution is 6.23. The number of methoxy groups -OCH3 is 2. The van der Waals surface area contributed by atoms with Crippen molar-refractivity contribution in [2.75, 3.05) is 27.3 Å². The highest BCUT2D eigenvalue weighted by atomic mass is 16.6. The van der Waals surface area contributed by atoms with Gasteiger partial charge in [0.15, 0.2) is 6.10 Å². The van der Waals surface area contributed by atoms with Gasteiger partial charge in [-0.05, 0) is 38.2 Å². The molecule has 1 aliphatic carbocycles. The molecule has 0 fully saturated rings. The number of hydrogen-bond acceptors (Lipinski definition) is 11. The Labute approximate surface area is 269 Å². The number of esters is 1. The third-order valence-electron chi connectivity index (χ3n) is 7.62. The minimum atomic E-state index is -1.03. The fourth-order valence-electron chi connectivity index (χ4n) is 5.32. The maximum Gasteiger partial charge on any atom is 0.405 e. The summed E-state index contributed by atoms with van der Waals surface area (Å²) in [6, 6.07) is 0. The maximum atomic E-state index is 13.7. The molecule has 0 radical (unpaired) electrons. The summed E-state index contributed by atoms with van der Waals surface area (Å²) < 4.78 is 22.6. The lowest BCUT2D eigenvalue weighted by molar-refractivity contribution is -0.158. The first-order valence-corrected chi connectivity index (χ1v) is 14.9. The van der Waals surface area contributed by atoms with E-state index in [1.165, 1.54) is 33.3 Å². The van der Waals surface area contributed by atoms with Crippen molar-refractivity contribution >= 4 is 29.5 Å². The van der Waals surface area contributed by atoms with Gasteiger partial charge in [0, 0.05) is 43.9 Å². The molecular formula is C33H46N4O9. The van der Waals surface area contributed by atoms with E-state index in [0.717, 1.165) is 6.08 Å². The quantitative estimate of drug-likeness (QED) is 0.172. The topological polar surface area (TPSA) is 198 Å². The van der Waals surface area contributed by atoms with Crippen LogP contribution in [0.25, 0.3) is 0 Å². The minimum absolute atomic E-state index is 0.119. The molecule has 6 N–H and O–H groups in total. The van der Waals surface area contributed by atoms with Crippen LogP contribution in [0.3, 0.4) is 0 Å². The predicted molar refractivity (Wildman–Crippen MR) is 171 cm³/mol. The van der Waals surface area contributed by atoms with Gasteiger partial charge in [-0.2, -0.15) is 0 Å². The molecule has 0 unspecified atom stereocenters. The van der Waals surface area contributed by atoms with Gasteiger partial charge in [0.1, 0.15) is 12.2 Å². The van der Waals surface area contributed by atoms with E-state index in [0.29, 0.717) is 12.0 Å². The second kappa shape index (κ2) is 18.0. The Kier molecular flexibility index (Phi) is 14.8. The third kappa shape index (κ3) is 10.4. The number of hydrogen-bond donors (Lipinski definition) is 4. The lowest BCUT2D eigenvalue weighted by Crippen LogP contribution is -2.41. The van der Waals surface area contributed by atoms with Gasteiger partial charge < -0.3 is 41.0 Å². The Morgan fingerprint density at radius 2 is 1.83 bits per heavy atom. The summed E-state index contributed by atoms with van der Waals surface area (Å²) in [6.07, 6.45) is 5.07. The summed E-state index contributed by atoms with van der Waals surface area (Å²) in [5.41, 5.74) is 11.9. The Balaban J connectivity index is 2.73. The molecule has 252 valence electrons. The van der Waals surface area contributed by atoms with Crippen molar-refractivity contribution in [2.45, 2.75) is 65.0 Å². The van der Waals surface area contributed by atoms with Crippen LogP contribution in [0.1, 0.15) is 40.5 Å². The average molecular weight is 643 g/mol. The maximum absolute atomic E-state index is 13.7. The SMILES string of the molecule is C=CCNC1=C2C[C@@H](C)C[C@@H](OC)[C@H](OC(=O)CN)[C@H](C)C=C(C)[C@@H](OC(N)=O)[C@H](OC)C=CC=C(C)C(=O)NC(=CC1=O)C2=O. The number of nitrogens with one attached hydrogen (secondary N) is 2. The molecule has 2 aliphatic rings. The number of Topliss-reactive ketones (excluding diaryl/α,β-unsaturated/α-hetero) is 1. The van der Waals surface area contributed by atoms with Gasteiger partial charge in [0.05, 0.1) is 24.0 Å². The first-order valence-electron chi connectivity index (χ1n) is 14.9. The van der Waals surface area contributed by atoms with E-state index in [1.54, 1.807) is 32.1 Å². The van der Waals surface area contributed by atoms with Crippen LogP contribution in [0.2, 0.25) is 0 Å². The molecule has 2 amide bonds. The first kappa shape index (κ1) is 37.9. The fourth-order valence-corrected chi connectivity index (χ4v) is 5.32. The molecule has 0 aromatic heterocycles. The smallest absolute Gasteiger partial charge is 0.405 e. The van der Waals surface area contributed by atoms with E-state index in [9.17, 15) is 24.0 Å². The van der Waals surface area contributed by atoms with Crippen LogP contribution < -0.4 is 22.1 Å². The normalized spacial score (nSPS) is 26.8. The summed E-state index contributed by atoms with van der Waals surface area (Å²) in [7, 11) is 2.89. The van der Waals surface area contributed by atoms with E-state index in [2.05, 4.69) is 17.2 Å². The summed E-state index contributed by atoms with van der Waals surface area (Å²) in [5.74, 6) is -3.00. The number of nitrogens with two attached hydrogens (primary N) is 2. The number of amides is 2. The predicted octanol–water partition coefficient (Wildman–Crippen LogP) is 2.05. The molecule has 1 heterocycles. The second-order valence-corrected chi connectivity index (χ2v) is 11.3. The first-order chi connectivity index (χ1) is 21.8. The van der Waals surface area contributed by atoms with Gasteiger partial charge in [0.25, 0.3) is 5.91 Å². The average Bonchev–Trinajstić information content (AvgIpc) is 3.01. The molecule has 0 saturated carbocycles. The Hall–Kier alpha value is -4.33. The van der Waals surface area contributed by atoms with Crippen molar-refractivity contribution in [2.24, 2.45) is 23.3 Å². The lowest BCUT2D eigenvalue weighted by Gasteiger charge is -2.32. The van der Waals surface area contributed by atoms with Crippen LogP contribution in [-0.4, -0.2) is 81.3 Å². The molecule has 6 atom stereocenters. The number of primary amides is 1. The Morgan fingerprint density at radius 3 is 2.41 bits per heavy atom. The highest BCUT2D eigenvalue weighted by Crippen LogP contribution is 2.30. The van der Waals surface area contributed by atoms with E-state index < -0.39 is 59.9 Å². The summed E-state index contributed by atoms with van der Waals surface area (Å²) in [4.78, 5) is 64.2. The monoisotopic (exact) mass is 642 g/mol. The van der Waals surface area contributed by atoms with E-state index in [1.807, 2.05) is 6.92 Å².